The second-order valence-corrected chi connectivity index (χ2v) is 13.1. The number of aliphatic carboxylic acids is 1. The van der Waals surface area contributed by atoms with Gasteiger partial charge in [-0.1, -0.05) is 29.8 Å². The molecule has 1 aromatic heterocycles. The van der Waals surface area contributed by atoms with Gasteiger partial charge in [-0.3, -0.25) is 24.2 Å². The molecule has 3 aliphatic rings. The Morgan fingerprint density at radius 3 is 2.43 bits per heavy atom. The van der Waals surface area contributed by atoms with Crippen molar-refractivity contribution in [3.05, 3.63) is 64.6 Å². The number of anilines is 1. The van der Waals surface area contributed by atoms with Gasteiger partial charge in [-0.25, -0.2) is 8.78 Å². The number of nitrogens with zero attached hydrogens (tertiary/aromatic N) is 3. The number of aryl methyl sites for hydroxylation is 1. The van der Waals surface area contributed by atoms with E-state index in [2.05, 4.69) is 5.32 Å². The van der Waals surface area contributed by atoms with Crippen molar-refractivity contribution in [2.24, 2.45) is 13.0 Å². The molecule has 1 aliphatic carbocycles. The summed E-state index contributed by atoms with van der Waals surface area (Å²) < 4.78 is 39.0. The van der Waals surface area contributed by atoms with Crippen LogP contribution in [-0.2, 0) is 27.8 Å². The van der Waals surface area contributed by atoms with E-state index in [1.165, 1.54) is 6.07 Å². The minimum Gasteiger partial charge on any atom is -0.481 e. The molecule has 12 heteroatoms. The molecule has 2 aliphatic heterocycles. The first-order valence-electron chi connectivity index (χ1n) is 16.0. The van der Waals surface area contributed by atoms with E-state index in [1.807, 2.05) is 40.8 Å². The zero-order chi connectivity index (χ0) is 32.6. The number of alkyl halides is 1. The summed E-state index contributed by atoms with van der Waals surface area (Å²) in [5, 5.41) is 13.0. The zero-order valence-electron chi connectivity index (χ0n) is 25.8. The third-order valence-electron chi connectivity index (χ3n) is 9.69. The van der Waals surface area contributed by atoms with Crippen LogP contribution in [0.5, 0.6) is 0 Å². The van der Waals surface area contributed by atoms with Crippen LogP contribution >= 0.6 is 11.6 Å². The van der Waals surface area contributed by atoms with Crippen molar-refractivity contribution in [2.75, 3.05) is 31.5 Å². The molecule has 1 saturated carbocycles. The Kier molecular flexibility index (Phi) is 9.48. The topological polar surface area (TPSA) is 104 Å². The highest BCUT2D eigenvalue weighted by Gasteiger charge is 2.54. The molecule has 0 radical (unpaired) electrons. The second kappa shape index (κ2) is 13.4. The average molecular weight is 657 g/mol. The van der Waals surface area contributed by atoms with Crippen molar-refractivity contribution in [2.45, 2.75) is 69.5 Å². The van der Waals surface area contributed by atoms with E-state index < -0.39 is 47.5 Å². The molecule has 2 saturated heterocycles. The Morgan fingerprint density at radius 2 is 1.76 bits per heavy atom. The van der Waals surface area contributed by atoms with Gasteiger partial charge in [0.15, 0.2) is 5.78 Å². The number of likely N-dealkylation sites (tertiary alicyclic amines) is 2. The number of halogens is 3. The van der Waals surface area contributed by atoms with E-state index in [9.17, 15) is 23.9 Å². The van der Waals surface area contributed by atoms with Gasteiger partial charge in [-0.05, 0) is 68.7 Å². The van der Waals surface area contributed by atoms with Gasteiger partial charge >= 0.3 is 5.97 Å². The number of nitrogens with one attached hydrogen (secondary N) is 1. The van der Waals surface area contributed by atoms with E-state index in [4.69, 9.17) is 16.3 Å². The molecule has 1 unspecified atom stereocenters. The van der Waals surface area contributed by atoms with Gasteiger partial charge in [-0.15, -0.1) is 0 Å². The fourth-order valence-corrected chi connectivity index (χ4v) is 7.49. The smallest absolute Gasteiger partial charge is 0.306 e. The van der Waals surface area contributed by atoms with Crippen LogP contribution in [0.4, 0.5) is 14.5 Å². The van der Waals surface area contributed by atoms with Gasteiger partial charge in [0.1, 0.15) is 12.0 Å². The summed E-state index contributed by atoms with van der Waals surface area (Å²) in [4.78, 5) is 42.9. The minimum absolute atomic E-state index is 0.00901. The Hall–Kier alpha value is -3.38. The molecule has 9 nitrogen and oxygen atoms in total. The number of hydrogen-bond donors (Lipinski definition) is 2. The van der Waals surface area contributed by atoms with E-state index in [0.717, 1.165) is 29.8 Å². The summed E-state index contributed by atoms with van der Waals surface area (Å²) >= 11 is 6.57. The molecule has 3 aromatic rings. The largest absolute Gasteiger partial charge is 0.481 e. The van der Waals surface area contributed by atoms with Crippen molar-refractivity contribution in [1.82, 2.24) is 14.4 Å². The molecule has 2 N–H and O–H groups in total. The lowest BCUT2D eigenvalue weighted by molar-refractivity contribution is -0.252. The number of carboxylic acid groups (broad SMARTS) is 1. The van der Waals surface area contributed by atoms with Gasteiger partial charge in [0.2, 0.25) is 5.85 Å². The van der Waals surface area contributed by atoms with Gasteiger partial charge < -0.3 is 19.7 Å². The molecular formula is C34H39ClF2N4O5. The number of hydrogen-bond acceptors (Lipinski definition) is 6. The number of benzene rings is 2. The molecule has 3 fully saturated rings. The normalized spacial score (nSPS) is 23.9. The number of ketones is 1. The maximum absolute atomic E-state index is 15.7. The lowest BCUT2D eigenvalue weighted by Crippen LogP contribution is -2.67. The van der Waals surface area contributed by atoms with Crippen molar-refractivity contribution in [1.29, 1.82) is 0 Å². The molecule has 46 heavy (non-hydrogen) atoms. The number of amides is 1. The summed E-state index contributed by atoms with van der Waals surface area (Å²) in [5.41, 5.74) is 1.39. The number of rotatable bonds is 10. The zero-order valence-corrected chi connectivity index (χ0v) is 26.6. The first-order chi connectivity index (χ1) is 22.1. The van der Waals surface area contributed by atoms with E-state index in [-0.39, 0.29) is 35.7 Å². The van der Waals surface area contributed by atoms with Gasteiger partial charge in [0.25, 0.3) is 5.91 Å². The number of para-hydroxylation sites is 1. The predicted molar refractivity (Wildman–Crippen MR) is 170 cm³/mol. The van der Waals surface area contributed by atoms with Crippen LogP contribution in [0.25, 0.3) is 10.9 Å². The standard InChI is InChI=1S/C34H39ClF2N4O5/c1-39-20-26(25-6-2-3-7-30(25)39)32(43)38-29-18-28(37)22(16-27(29)35)17-31(42)34(40-13-4-5-14-40,41-15-12-23(36)19-41)46-24-10-8-21(9-11-24)33(44)45/h2-3,6-7,16,18,20-21,23-24H,4-5,8-15,17,19H2,1H3,(H,38,43)(H,44,45)/t21-,23-,24-,34?/m0/s1. The van der Waals surface area contributed by atoms with Crippen LogP contribution in [0, 0.1) is 11.7 Å². The van der Waals surface area contributed by atoms with Crippen molar-refractivity contribution in [3.8, 4) is 0 Å². The van der Waals surface area contributed by atoms with Crippen LogP contribution in [-0.4, -0.2) is 81.4 Å². The van der Waals surface area contributed by atoms with E-state index in [0.29, 0.717) is 50.9 Å². The Morgan fingerprint density at radius 1 is 1.04 bits per heavy atom. The SMILES string of the molecule is Cn1cc(C(=O)Nc2cc(F)c(CC(=O)C(O[C@H]3CC[C@H](C(=O)O)CC3)(N3CCCC3)N3CC[C@H](F)C3)cc2Cl)c2ccccc21. The summed E-state index contributed by atoms with van der Waals surface area (Å²) in [6, 6.07) is 9.91. The highest BCUT2D eigenvalue weighted by Crippen LogP contribution is 2.38. The summed E-state index contributed by atoms with van der Waals surface area (Å²) in [5.74, 6) is -4.51. The number of carboxylic acids is 1. The third kappa shape index (κ3) is 6.30. The lowest BCUT2D eigenvalue weighted by Gasteiger charge is -2.48. The molecule has 2 aromatic carbocycles. The maximum atomic E-state index is 15.7. The monoisotopic (exact) mass is 656 g/mol. The number of aromatic nitrogens is 1. The minimum atomic E-state index is -1.61. The third-order valence-corrected chi connectivity index (χ3v) is 10.0. The van der Waals surface area contributed by atoms with Crippen molar-refractivity contribution in [3.63, 3.8) is 0 Å². The predicted octanol–water partition coefficient (Wildman–Crippen LogP) is 5.79. The van der Waals surface area contributed by atoms with E-state index >= 15 is 4.39 Å². The van der Waals surface area contributed by atoms with Crippen LogP contribution in [0.3, 0.4) is 0 Å². The number of fused-ring (bicyclic) bond motifs is 1. The molecule has 3 heterocycles. The molecule has 0 bridgehead atoms. The Balaban J connectivity index is 1.27. The highest BCUT2D eigenvalue weighted by molar-refractivity contribution is 6.34. The fraction of sp³-hybridized carbons (Fsp3) is 0.500. The first kappa shape index (κ1) is 32.6. The lowest BCUT2D eigenvalue weighted by atomic mass is 9.87. The number of ether oxygens (including phenoxy) is 1. The Bertz CT molecular complexity index is 1630. The second-order valence-electron chi connectivity index (χ2n) is 12.7. The van der Waals surface area contributed by atoms with Gasteiger partial charge in [0.05, 0.1) is 28.3 Å². The van der Waals surface area contributed by atoms with Crippen LogP contribution in [0.2, 0.25) is 5.02 Å². The number of carbonyl (C=O) groups is 3. The van der Waals surface area contributed by atoms with Gasteiger partial charge in [-0.2, -0.15) is 0 Å². The van der Waals surface area contributed by atoms with Crippen LogP contribution in [0.15, 0.2) is 42.6 Å². The molecule has 1 amide bonds. The quantitative estimate of drug-likeness (QED) is 0.285. The first-order valence-corrected chi connectivity index (χ1v) is 16.4. The van der Waals surface area contributed by atoms with Gasteiger partial charge in [0, 0.05) is 56.7 Å². The van der Waals surface area contributed by atoms with E-state index in [1.54, 1.807) is 11.1 Å². The highest BCUT2D eigenvalue weighted by atomic mass is 35.5. The molecule has 2 atom stereocenters. The summed E-state index contributed by atoms with van der Waals surface area (Å²) in [6.45, 7) is 1.43. The van der Waals surface area contributed by atoms with Crippen LogP contribution in [0.1, 0.15) is 60.9 Å². The summed E-state index contributed by atoms with van der Waals surface area (Å²) in [7, 11) is 1.83. The Labute approximate surface area is 271 Å². The molecule has 0 spiro atoms. The van der Waals surface area contributed by atoms with Crippen molar-refractivity contribution < 1.29 is 33.0 Å². The fourth-order valence-electron chi connectivity index (χ4n) is 7.26. The molecule has 246 valence electrons. The van der Waals surface area contributed by atoms with Crippen molar-refractivity contribution >= 4 is 45.9 Å². The molecular weight excluding hydrogens is 618 g/mol. The maximum Gasteiger partial charge on any atom is 0.306 e. The summed E-state index contributed by atoms with van der Waals surface area (Å²) in [6.07, 6.45) is 3.49. The molecule has 6 rings (SSSR count). The number of Topliss-reactive ketones (excluding diaryl/α,β-unsaturated/α-hetero) is 1. The number of carbonyl (C=O) groups excluding carboxylic acids is 2. The van der Waals surface area contributed by atoms with Crippen LogP contribution < -0.4 is 5.32 Å². The average Bonchev–Trinajstić information content (AvgIpc) is 3.80.